The van der Waals surface area contributed by atoms with Crippen LogP contribution in [0.3, 0.4) is 0 Å². The average Bonchev–Trinajstić information content (AvgIpc) is 3.43. The molecule has 1 aliphatic heterocycles. The molecule has 1 saturated heterocycles. The van der Waals surface area contributed by atoms with E-state index in [1.165, 1.54) is 24.2 Å². The summed E-state index contributed by atoms with van der Waals surface area (Å²) in [5, 5.41) is 21.8. The largest absolute Gasteiger partial charge is 0.315 e. The second-order valence-electron chi connectivity index (χ2n) is 7.16. The number of halogens is 1. The summed E-state index contributed by atoms with van der Waals surface area (Å²) in [6.07, 6.45) is 10.9. The van der Waals surface area contributed by atoms with Crippen LogP contribution < -0.4 is 5.32 Å². The van der Waals surface area contributed by atoms with Crippen molar-refractivity contribution in [2.45, 2.75) is 28.7 Å². The zero-order valence-corrected chi connectivity index (χ0v) is 16.8. The van der Waals surface area contributed by atoms with Gasteiger partial charge in [0, 0.05) is 41.2 Å². The maximum absolute atomic E-state index is 14.2. The first-order chi connectivity index (χ1) is 14.7. The Morgan fingerprint density at radius 3 is 2.93 bits per heavy atom. The van der Waals surface area contributed by atoms with Crippen LogP contribution in [0.5, 0.6) is 0 Å². The Kier molecular flexibility index (Phi) is 4.94. The fourth-order valence-electron chi connectivity index (χ4n) is 3.71. The van der Waals surface area contributed by atoms with Crippen molar-refractivity contribution < 1.29 is 4.39 Å². The minimum Gasteiger partial charge on any atom is -0.315 e. The van der Waals surface area contributed by atoms with Gasteiger partial charge in [-0.2, -0.15) is 19.8 Å². The number of piperidine rings is 1. The number of aromatic nitrogens is 5. The fourth-order valence-corrected chi connectivity index (χ4v) is 4.72. The number of pyridine rings is 2. The minimum absolute atomic E-state index is 0.337. The summed E-state index contributed by atoms with van der Waals surface area (Å²) in [5.74, 6) is -0.540. The van der Waals surface area contributed by atoms with Crippen molar-refractivity contribution in [3.05, 3.63) is 60.7 Å². The van der Waals surface area contributed by atoms with Gasteiger partial charge in [-0.1, -0.05) is 11.8 Å². The van der Waals surface area contributed by atoms with Gasteiger partial charge in [-0.3, -0.25) is 4.68 Å². The molecule has 0 aromatic carbocycles. The Labute approximate surface area is 176 Å². The van der Waals surface area contributed by atoms with Gasteiger partial charge in [0.15, 0.2) is 0 Å². The highest BCUT2D eigenvalue weighted by molar-refractivity contribution is 7.99. The summed E-state index contributed by atoms with van der Waals surface area (Å²) in [5.41, 5.74) is 2.94. The molecule has 0 saturated carbocycles. The molecule has 7 nitrogen and oxygen atoms in total. The van der Waals surface area contributed by atoms with Gasteiger partial charge >= 0.3 is 0 Å². The lowest BCUT2D eigenvalue weighted by Gasteiger charge is -2.22. The van der Waals surface area contributed by atoms with E-state index in [1.54, 1.807) is 16.6 Å². The van der Waals surface area contributed by atoms with E-state index >= 15 is 0 Å². The average molecular weight is 419 g/mol. The standard InChI is InChI=1S/C21H18FN7S/c22-21-18(4-2-6-25-21)30-19-7-14(12-29-20(19)15(8-23)9-27-29)16-10-26-28(13-16)17-3-1-5-24-11-17/h2,4,6-7,9-10,12-13,17,24H,1,3,5,11H2/t17-/m1/s1. The third kappa shape index (κ3) is 3.44. The third-order valence-corrected chi connectivity index (χ3v) is 6.28. The second-order valence-corrected chi connectivity index (χ2v) is 8.24. The summed E-state index contributed by atoms with van der Waals surface area (Å²) in [6.45, 7) is 1.96. The van der Waals surface area contributed by atoms with Crippen LogP contribution in [0.25, 0.3) is 16.6 Å². The fraction of sp³-hybridized carbons (Fsp3) is 0.238. The molecular formula is C21H18FN7S. The van der Waals surface area contributed by atoms with Crippen LogP contribution in [0.4, 0.5) is 4.39 Å². The van der Waals surface area contributed by atoms with E-state index in [2.05, 4.69) is 26.6 Å². The van der Waals surface area contributed by atoms with Crippen LogP contribution >= 0.6 is 11.8 Å². The SMILES string of the molecule is N#Cc1cnn2cc(-c3cnn([C@@H]4CCCNC4)c3)cc(Sc3cccnc3F)c12. The Morgan fingerprint density at radius 1 is 1.20 bits per heavy atom. The molecule has 0 aliphatic carbocycles. The van der Waals surface area contributed by atoms with Crippen molar-refractivity contribution in [1.82, 2.24) is 29.7 Å². The Bertz CT molecular complexity index is 1250. The molecule has 5 rings (SSSR count). The molecule has 0 bridgehead atoms. The molecule has 0 amide bonds. The lowest BCUT2D eigenvalue weighted by Crippen LogP contribution is -2.31. The van der Waals surface area contributed by atoms with E-state index in [9.17, 15) is 9.65 Å². The lowest BCUT2D eigenvalue weighted by atomic mass is 10.1. The summed E-state index contributed by atoms with van der Waals surface area (Å²) in [7, 11) is 0. The van der Waals surface area contributed by atoms with Gasteiger partial charge in [0.2, 0.25) is 5.95 Å². The van der Waals surface area contributed by atoms with E-state index in [-0.39, 0.29) is 0 Å². The van der Waals surface area contributed by atoms with E-state index in [0.717, 1.165) is 42.0 Å². The Balaban J connectivity index is 1.58. The molecule has 4 aromatic rings. The molecule has 0 spiro atoms. The molecule has 0 unspecified atom stereocenters. The predicted molar refractivity (Wildman–Crippen MR) is 111 cm³/mol. The van der Waals surface area contributed by atoms with Crippen LogP contribution in [-0.4, -0.2) is 37.5 Å². The highest BCUT2D eigenvalue weighted by atomic mass is 32.2. The van der Waals surface area contributed by atoms with Crippen LogP contribution in [-0.2, 0) is 0 Å². The topological polar surface area (TPSA) is 83.8 Å². The van der Waals surface area contributed by atoms with Gasteiger partial charge in [-0.05, 0) is 37.6 Å². The number of fused-ring (bicyclic) bond motifs is 1. The number of nitriles is 1. The minimum atomic E-state index is -0.540. The lowest BCUT2D eigenvalue weighted by molar-refractivity contribution is 0.347. The number of nitrogens with zero attached hydrogens (tertiary/aromatic N) is 6. The van der Waals surface area contributed by atoms with Crippen molar-refractivity contribution in [2.75, 3.05) is 13.1 Å². The summed E-state index contributed by atoms with van der Waals surface area (Å²) >= 11 is 1.23. The zero-order valence-electron chi connectivity index (χ0n) is 16.0. The van der Waals surface area contributed by atoms with Crippen LogP contribution in [0.1, 0.15) is 24.4 Å². The van der Waals surface area contributed by atoms with Gasteiger partial charge in [-0.15, -0.1) is 0 Å². The smallest absolute Gasteiger partial charge is 0.226 e. The molecule has 5 heterocycles. The van der Waals surface area contributed by atoms with Gasteiger partial charge < -0.3 is 5.32 Å². The van der Waals surface area contributed by atoms with Crippen molar-refractivity contribution >= 4 is 17.3 Å². The van der Waals surface area contributed by atoms with Crippen molar-refractivity contribution in [2.24, 2.45) is 0 Å². The molecule has 9 heteroatoms. The van der Waals surface area contributed by atoms with Crippen LogP contribution in [0, 0.1) is 17.3 Å². The summed E-state index contributed by atoms with van der Waals surface area (Å²) < 4.78 is 17.9. The maximum atomic E-state index is 14.2. The van der Waals surface area contributed by atoms with Gasteiger partial charge in [0.1, 0.15) is 6.07 Å². The Hall–Kier alpha value is -3.22. The summed E-state index contributed by atoms with van der Waals surface area (Å²) in [6, 6.07) is 7.82. The molecular weight excluding hydrogens is 401 g/mol. The van der Waals surface area contributed by atoms with Crippen molar-refractivity contribution in [3.63, 3.8) is 0 Å². The molecule has 1 fully saturated rings. The molecule has 0 radical (unpaired) electrons. The number of hydrogen-bond acceptors (Lipinski definition) is 6. The zero-order chi connectivity index (χ0) is 20.5. The number of nitrogens with one attached hydrogen (secondary N) is 1. The Morgan fingerprint density at radius 2 is 2.13 bits per heavy atom. The monoisotopic (exact) mass is 419 g/mol. The van der Waals surface area contributed by atoms with E-state index < -0.39 is 5.95 Å². The van der Waals surface area contributed by atoms with E-state index in [4.69, 9.17) is 0 Å². The first kappa shape index (κ1) is 18.8. The van der Waals surface area contributed by atoms with Gasteiger partial charge in [0.25, 0.3) is 0 Å². The van der Waals surface area contributed by atoms with Crippen LogP contribution in [0.15, 0.2) is 59.0 Å². The molecule has 1 aliphatic rings. The van der Waals surface area contributed by atoms with Crippen LogP contribution in [0.2, 0.25) is 0 Å². The maximum Gasteiger partial charge on any atom is 0.226 e. The van der Waals surface area contributed by atoms with Gasteiger partial charge in [0.05, 0.1) is 34.4 Å². The van der Waals surface area contributed by atoms with Crippen molar-refractivity contribution in [3.8, 4) is 17.2 Å². The predicted octanol–water partition coefficient (Wildman–Crippen LogP) is 3.68. The van der Waals surface area contributed by atoms with E-state index in [0.29, 0.717) is 22.0 Å². The normalized spacial score (nSPS) is 16.6. The molecule has 150 valence electrons. The molecule has 1 atom stereocenters. The molecule has 4 aromatic heterocycles. The van der Waals surface area contributed by atoms with E-state index in [1.807, 2.05) is 29.3 Å². The van der Waals surface area contributed by atoms with Crippen molar-refractivity contribution in [1.29, 1.82) is 5.26 Å². The number of rotatable bonds is 4. The second kappa shape index (κ2) is 7.89. The highest BCUT2D eigenvalue weighted by Crippen LogP contribution is 2.36. The third-order valence-electron chi connectivity index (χ3n) is 5.22. The molecule has 30 heavy (non-hydrogen) atoms. The first-order valence-corrected chi connectivity index (χ1v) is 10.5. The molecule has 1 N–H and O–H groups in total. The quantitative estimate of drug-likeness (QED) is 0.508. The van der Waals surface area contributed by atoms with Gasteiger partial charge in [-0.25, -0.2) is 9.50 Å². The number of hydrogen-bond donors (Lipinski definition) is 1. The highest BCUT2D eigenvalue weighted by Gasteiger charge is 2.18. The first-order valence-electron chi connectivity index (χ1n) is 9.68. The summed E-state index contributed by atoms with van der Waals surface area (Å²) in [4.78, 5) is 4.86.